The van der Waals surface area contributed by atoms with Gasteiger partial charge in [0.1, 0.15) is 11.4 Å². The van der Waals surface area contributed by atoms with Gasteiger partial charge < -0.3 is 11.5 Å². The molecule has 2 aliphatic heterocycles. The van der Waals surface area contributed by atoms with Crippen molar-refractivity contribution in [3.63, 3.8) is 0 Å². The Morgan fingerprint density at radius 1 is 1.39 bits per heavy atom. The number of rotatable bonds is 1. The van der Waals surface area contributed by atoms with Crippen LogP contribution in [0.5, 0.6) is 0 Å². The van der Waals surface area contributed by atoms with Crippen LogP contribution in [0.15, 0.2) is 23.2 Å². The molecule has 2 heterocycles. The van der Waals surface area contributed by atoms with Crippen molar-refractivity contribution in [1.82, 2.24) is 9.03 Å². The van der Waals surface area contributed by atoms with Crippen molar-refractivity contribution in [3.8, 4) is 0 Å². The van der Waals surface area contributed by atoms with Gasteiger partial charge >= 0.3 is 0 Å². The van der Waals surface area contributed by atoms with E-state index < -0.39 is 40.7 Å². The maximum atomic E-state index is 14.2. The van der Waals surface area contributed by atoms with Crippen LogP contribution in [0.4, 0.5) is 18.9 Å². The van der Waals surface area contributed by atoms with Crippen LogP contribution < -0.4 is 16.2 Å². The Bertz CT molecular complexity index is 740. The lowest BCUT2D eigenvalue weighted by molar-refractivity contribution is -0.00817. The Kier molecular flexibility index (Phi) is 3.38. The highest BCUT2D eigenvalue weighted by Crippen LogP contribution is 2.38. The van der Waals surface area contributed by atoms with Crippen LogP contribution in [-0.4, -0.2) is 39.2 Å². The molecule has 10 heteroatoms. The third-order valence-electron chi connectivity index (χ3n) is 4.07. The molecule has 0 spiro atoms. The Labute approximate surface area is 132 Å². The number of nitrogens with two attached hydrogens (primary N) is 2. The predicted molar refractivity (Wildman–Crippen MR) is 83.8 cm³/mol. The minimum atomic E-state index is -3.44. The molecule has 1 saturated heterocycles. The number of benzene rings is 1. The SMILES string of the molecule is C[C@@]1(c2cc(N)ccc2F)C[SH]2(=O)NCC(F)(F)CN2C(N)=N1. The van der Waals surface area contributed by atoms with E-state index in [4.69, 9.17) is 11.5 Å². The first-order chi connectivity index (χ1) is 10.5. The molecule has 0 radical (unpaired) electrons. The highest BCUT2D eigenvalue weighted by molar-refractivity contribution is 7.99. The van der Waals surface area contributed by atoms with Gasteiger partial charge in [-0.3, -0.25) is 8.51 Å². The molecule has 23 heavy (non-hydrogen) atoms. The number of thiol groups is 1. The minimum Gasteiger partial charge on any atom is -0.399 e. The van der Waals surface area contributed by atoms with Gasteiger partial charge in [-0.25, -0.2) is 22.9 Å². The summed E-state index contributed by atoms with van der Waals surface area (Å²) in [7, 11) is -3.44. The number of aliphatic imine (C=N–C) groups is 1. The molecule has 3 rings (SSSR count). The molecule has 0 aromatic heterocycles. The van der Waals surface area contributed by atoms with Crippen LogP contribution in [0.3, 0.4) is 0 Å². The lowest BCUT2D eigenvalue weighted by atomic mass is 9.93. The second-order valence-corrected chi connectivity index (χ2v) is 8.61. The number of nitrogen functional groups attached to an aromatic ring is 1. The number of nitrogens with one attached hydrogen (secondary N) is 1. The summed E-state index contributed by atoms with van der Waals surface area (Å²) < 4.78 is 57.6. The largest absolute Gasteiger partial charge is 0.399 e. The van der Waals surface area contributed by atoms with Crippen LogP contribution in [0.2, 0.25) is 0 Å². The molecule has 2 aliphatic rings. The molecule has 0 aliphatic carbocycles. The third kappa shape index (κ3) is 2.65. The number of fused-ring (bicyclic) bond motifs is 1. The summed E-state index contributed by atoms with van der Waals surface area (Å²) in [6.07, 6.45) is 0. The van der Waals surface area contributed by atoms with Crippen LogP contribution in [-0.2, 0) is 15.8 Å². The maximum absolute atomic E-state index is 14.2. The van der Waals surface area contributed by atoms with Crippen LogP contribution in [0.25, 0.3) is 0 Å². The lowest BCUT2D eigenvalue weighted by Crippen LogP contribution is -2.68. The number of halogens is 3. The average molecular weight is 349 g/mol. The van der Waals surface area contributed by atoms with E-state index in [1.54, 1.807) is 6.92 Å². The molecule has 0 bridgehead atoms. The molecule has 1 atom stereocenters. The van der Waals surface area contributed by atoms with Gasteiger partial charge in [0.2, 0.25) is 5.96 Å². The zero-order chi connectivity index (χ0) is 17.0. The van der Waals surface area contributed by atoms with Crippen molar-refractivity contribution < 1.29 is 17.4 Å². The monoisotopic (exact) mass is 349 g/mol. The van der Waals surface area contributed by atoms with Crippen molar-refractivity contribution >= 4 is 22.0 Å². The van der Waals surface area contributed by atoms with Gasteiger partial charge in [-0.2, -0.15) is 0 Å². The first kappa shape index (κ1) is 16.1. The number of guanidine groups is 1. The summed E-state index contributed by atoms with van der Waals surface area (Å²) >= 11 is 0. The molecule has 0 saturated carbocycles. The summed E-state index contributed by atoms with van der Waals surface area (Å²) in [6.45, 7) is 0.0643. The fourth-order valence-electron chi connectivity index (χ4n) is 2.97. The van der Waals surface area contributed by atoms with E-state index in [1.807, 2.05) is 0 Å². The van der Waals surface area contributed by atoms with E-state index in [1.165, 1.54) is 18.2 Å². The summed E-state index contributed by atoms with van der Waals surface area (Å²) in [5.74, 6) is -4.09. The molecular weight excluding hydrogens is 331 g/mol. The maximum Gasteiger partial charge on any atom is 0.279 e. The number of nitrogens with zero attached hydrogens (tertiary/aromatic N) is 2. The first-order valence-electron chi connectivity index (χ1n) is 6.96. The van der Waals surface area contributed by atoms with E-state index in [9.17, 15) is 17.4 Å². The number of hydrogen-bond donors (Lipinski definition) is 4. The van der Waals surface area contributed by atoms with Crippen LogP contribution >= 0.6 is 0 Å². The Morgan fingerprint density at radius 2 is 2.09 bits per heavy atom. The molecule has 6 nitrogen and oxygen atoms in total. The van der Waals surface area contributed by atoms with Gasteiger partial charge in [0, 0.05) is 21.6 Å². The summed E-state index contributed by atoms with van der Waals surface area (Å²) in [4.78, 5) is 4.16. The molecule has 5 N–H and O–H groups in total. The highest BCUT2D eigenvalue weighted by Gasteiger charge is 2.50. The highest BCUT2D eigenvalue weighted by atomic mass is 32.3. The second-order valence-electron chi connectivity index (χ2n) is 6.09. The van der Waals surface area contributed by atoms with Gasteiger partial charge in [0.15, 0.2) is 0 Å². The fraction of sp³-hybridized carbons (Fsp3) is 0.462. The standard InChI is InChI=1S/C13H18F3N5OS/c1-12(9-4-8(17)2-3-10(9)14)7-23(22)19-5-13(15,16)6-21(23)11(18)20-12/h2-4,23H,5-7,17H2,1H3,(H2,18,20)(H,19,22)/t12-/m0/s1. The zero-order valence-electron chi connectivity index (χ0n) is 12.4. The van der Waals surface area contributed by atoms with E-state index in [-0.39, 0.29) is 17.3 Å². The smallest absolute Gasteiger partial charge is 0.279 e. The van der Waals surface area contributed by atoms with Crippen molar-refractivity contribution in [2.75, 3.05) is 24.6 Å². The average Bonchev–Trinajstić information content (AvgIpc) is 2.43. The molecular formula is C13H18F3N5OS. The minimum absolute atomic E-state index is 0.134. The zero-order valence-corrected chi connectivity index (χ0v) is 13.3. The number of alkyl halides is 2. The predicted octanol–water partition coefficient (Wildman–Crippen LogP) is 0.339. The molecule has 1 fully saturated rings. The van der Waals surface area contributed by atoms with Crippen LogP contribution in [0, 0.1) is 5.82 Å². The Balaban J connectivity index is 2.08. The van der Waals surface area contributed by atoms with Crippen molar-refractivity contribution in [3.05, 3.63) is 29.6 Å². The third-order valence-corrected chi connectivity index (χ3v) is 6.90. The van der Waals surface area contributed by atoms with E-state index in [2.05, 4.69) is 9.71 Å². The molecule has 128 valence electrons. The van der Waals surface area contributed by atoms with Gasteiger partial charge in [0.05, 0.1) is 18.8 Å². The van der Waals surface area contributed by atoms with Crippen LogP contribution in [0.1, 0.15) is 12.5 Å². The van der Waals surface area contributed by atoms with Crippen molar-refractivity contribution in [2.45, 2.75) is 18.4 Å². The number of hydrogen-bond acceptors (Lipinski definition) is 4. The summed E-state index contributed by atoms with van der Waals surface area (Å²) in [5, 5.41) is 0. The normalized spacial score (nSPS) is 30.3. The van der Waals surface area contributed by atoms with Crippen molar-refractivity contribution in [2.24, 2.45) is 10.7 Å². The fourth-order valence-corrected chi connectivity index (χ4v) is 5.78. The first-order valence-corrected chi connectivity index (χ1v) is 8.80. The van der Waals surface area contributed by atoms with E-state index in [0.29, 0.717) is 5.69 Å². The van der Waals surface area contributed by atoms with E-state index in [0.717, 1.165) is 4.31 Å². The lowest BCUT2D eigenvalue weighted by Gasteiger charge is -2.50. The molecule has 1 aromatic rings. The van der Waals surface area contributed by atoms with Gasteiger partial charge in [0.25, 0.3) is 5.92 Å². The summed E-state index contributed by atoms with van der Waals surface area (Å²) in [6, 6.07) is 3.98. The second kappa shape index (κ2) is 4.84. The molecule has 0 unspecified atom stereocenters. The van der Waals surface area contributed by atoms with Crippen molar-refractivity contribution in [1.29, 1.82) is 0 Å². The topological polar surface area (TPSA) is 96.7 Å². The van der Waals surface area contributed by atoms with Gasteiger partial charge in [-0.05, 0) is 25.1 Å². The number of anilines is 1. The Hall–Kier alpha value is -1.81. The quantitative estimate of drug-likeness (QED) is 0.435. The summed E-state index contributed by atoms with van der Waals surface area (Å²) in [5.41, 5.74) is 10.7. The van der Waals surface area contributed by atoms with Gasteiger partial charge in [-0.1, -0.05) is 0 Å². The molecule has 0 amide bonds. The Morgan fingerprint density at radius 3 is 2.78 bits per heavy atom. The van der Waals surface area contributed by atoms with Gasteiger partial charge in [-0.15, -0.1) is 0 Å². The van der Waals surface area contributed by atoms with E-state index >= 15 is 0 Å². The molecule has 1 aromatic carbocycles.